The van der Waals surface area contributed by atoms with Gasteiger partial charge < -0.3 is 10.1 Å². The summed E-state index contributed by atoms with van der Waals surface area (Å²) in [6, 6.07) is 21.6. The Hall–Kier alpha value is -3.67. The van der Waals surface area contributed by atoms with E-state index in [4.69, 9.17) is 4.74 Å². The highest BCUT2D eigenvalue weighted by Crippen LogP contribution is 2.30. The maximum Gasteiger partial charge on any atom is 0.311 e. The molecule has 6 heteroatoms. The number of para-hydroxylation sites is 3. The van der Waals surface area contributed by atoms with Crippen molar-refractivity contribution in [2.75, 3.05) is 5.32 Å². The molecule has 0 fully saturated rings. The minimum Gasteiger partial charge on any atom is -0.450 e. The largest absolute Gasteiger partial charge is 0.450 e. The lowest BCUT2D eigenvalue weighted by Gasteiger charge is -2.08. The van der Waals surface area contributed by atoms with Crippen molar-refractivity contribution in [3.05, 3.63) is 94.5 Å². The van der Waals surface area contributed by atoms with Crippen molar-refractivity contribution in [2.24, 2.45) is 0 Å². The van der Waals surface area contributed by atoms with Gasteiger partial charge in [-0.05, 0) is 42.5 Å². The van der Waals surface area contributed by atoms with E-state index in [0.717, 1.165) is 0 Å². The minimum absolute atomic E-state index is 0.117. The highest BCUT2D eigenvalue weighted by molar-refractivity contribution is 6.04. The molecule has 0 unspecified atom stereocenters. The molecular weight excluding hydrogens is 320 g/mol. The second kappa shape index (κ2) is 7.27. The Bertz CT molecular complexity index is 893. The van der Waals surface area contributed by atoms with Crippen molar-refractivity contribution in [3.63, 3.8) is 0 Å². The van der Waals surface area contributed by atoms with Crippen LogP contribution in [0.1, 0.15) is 10.4 Å². The molecule has 1 amide bonds. The van der Waals surface area contributed by atoms with E-state index in [1.165, 1.54) is 12.1 Å². The second-order valence-electron chi connectivity index (χ2n) is 5.17. The Morgan fingerprint density at radius 2 is 1.52 bits per heavy atom. The van der Waals surface area contributed by atoms with Gasteiger partial charge in [0.25, 0.3) is 5.91 Å². The van der Waals surface area contributed by atoms with Crippen LogP contribution in [0.15, 0.2) is 78.9 Å². The zero-order valence-electron chi connectivity index (χ0n) is 13.1. The van der Waals surface area contributed by atoms with Gasteiger partial charge in [0.15, 0.2) is 0 Å². The molecule has 3 rings (SSSR count). The van der Waals surface area contributed by atoms with Crippen molar-refractivity contribution < 1.29 is 14.5 Å². The van der Waals surface area contributed by atoms with Gasteiger partial charge in [0.2, 0.25) is 5.75 Å². The zero-order valence-corrected chi connectivity index (χ0v) is 13.1. The highest BCUT2D eigenvalue weighted by atomic mass is 16.6. The summed E-state index contributed by atoms with van der Waals surface area (Å²) in [4.78, 5) is 22.7. The molecule has 0 radical (unpaired) electrons. The highest BCUT2D eigenvalue weighted by Gasteiger charge is 2.14. The van der Waals surface area contributed by atoms with E-state index in [1.807, 2.05) is 18.2 Å². The number of benzene rings is 3. The Morgan fingerprint density at radius 3 is 2.20 bits per heavy atom. The first-order valence-electron chi connectivity index (χ1n) is 7.51. The monoisotopic (exact) mass is 334 g/mol. The molecule has 0 heterocycles. The van der Waals surface area contributed by atoms with Gasteiger partial charge in [-0.3, -0.25) is 14.9 Å². The first kappa shape index (κ1) is 16.2. The number of hydrogen-bond acceptors (Lipinski definition) is 4. The number of nitro benzene ring substituents is 1. The lowest BCUT2D eigenvalue weighted by Crippen LogP contribution is -2.11. The molecule has 0 saturated carbocycles. The molecule has 0 bridgehead atoms. The molecule has 0 spiro atoms. The maximum absolute atomic E-state index is 12.2. The average Bonchev–Trinajstić information content (AvgIpc) is 2.63. The third kappa shape index (κ3) is 4.00. The van der Waals surface area contributed by atoms with Crippen molar-refractivity contribution in [1.29, 1.82) is 0 Å². The molecule has 124 valence electrons. The van der Waals surface area contributed by atoms with Crippen molar-refractivity contribution in [2.45, 2.75) is 0 Å². The van der Waals surface area contributed by atoms with E-state index in [1.54, 1.807) is 48.5 Å². The van der Waals surface area contributed by atoms with E-state index in [-0.39, 0.29) is 17.3 Å². The number of ether oxygens (including phenoxy) is 1. The number of anilines is 1. The van der Waals surface area contributed by atoms with Crippen LogP contribution in [0.2, 0.25) is 0 Å². The Morgan fingerprint density at radius 1 is 0.880 bits per heavy atom. The van der Waals surface area contributed by atoms with Crippen molar-refractivity contribution in [1.82, 2.24) is 0 Å². The molecule has 25 heavy (non-hydrogen) atoms. The summed E-state index contributed by atoms with van der Waals surface area (Å²) >= 11 is 0. The molecular formula is C19H14N2O4. The van der Waals surface area contributed by atoms with E-state index in [9.17, 15) is 14.9 Å². The van der Waals surface area contributed by atoms with Gasteiger partial charge in [-0.25, -0.2) is 0 Å². The molecule has 0 saturated heterocycles. The number of amides is 1. The fourth-order valence-corrected chi connectivity index (χ4v) is 2.22. The van der Waals surface area contributed by atoms with E-state index >= 15 is 0 Å². The average molecular weight is 334 g/mol. The van der Waals surface area contributed by atoms with Crippen LogP contribution in [-0.2, 0) is 0 Å². The summed E-state index contributed by atoms with van der Waals surface area (Å²) < 4.78 is 5.55. The lowest BCUT2D eigenvalue weighted by molar-refractivity contribution is -0.385. The SMILES string of the molecule is O=C(Nc1ccccc1)c1ccc(Oc2ccccc2[N+](=O)[O-])cc1. The standard InChI is InChI=1S/C19H14N2O4/c22-19(20-15-6-2-1-3-7-15)14-10-12-16(13-11-14)25-18-9-5-4-8-17(18)21(23)24/h1-13H,(H,20,22). The predicted octanol–water partition coefficient (Wildman–Crippen LogP) is 4.64. The van der Waals surface area contributed by atoms with Gasteiger partial charge in [0, 0.05) is 17.3 Å². The van der Waals surface area contributed by atoms with Gasteiger partial charge in [-0.2, -0.15) is 0 Å². The third-order valence-electron chi connectivity index (χ3n) is 3.44. The Balaban J connectivity index is 1.72. The molecule has 0 aliphatic heterocycles. The summed E-state index contributed by atoms with van der Waals surface area (Å²) in [6.07, 6.45) is 0. The van der Waals surface area contributed by atoms with Crippen molar-refractivity contribution in [3.8, 4) is 11.5 Å². The zero-order chi connectivity index (χ0) is 17.6. The van der Waals surface area contributed by atoms with Crippen LogP contribution in [0.4, 0.5) is 11.4 Å². The number of nitrogens with zero attached hydrogens (tertiary/aromatic N) is 1. The number of hydrogen-bond donors (Lipinski definition) is 1. The predicted molar refractivity (Wildman–Crippen MR) is 94.0 cm³/mol. The third-order valence-corrected chi connectivity index (χ3v) is 3.44. The topological polar surface area (TPSA) is 81.5 Å². The van der Waals surface area contributed by atoms with Crippen LogP contribution in [0.3, 0.4) is 0 Å². The molecule has 0 aliphatic carbocycles. The first-order valence-corrected chi connectivity index (χ1v) is 7.51. The summed E-state index contributed by atoms with van der Waals surface area (Å²) in [5, 5.41) is 13.8. The van der Waals surface area contributed by atoms with Crippen LogP contribution < -0.4 is 10.1 Å². The molecule has 3 aromatic carbocycles. The fraction of sp³-hybridized carbons (Fsp3) is 0. The molecule has 3 aromatic rings. The van der Waals surface area contributed by atoms with E-state index in [2.05, 4.69) is 5.32 Å². The van der Waals surface area contributed by atoms with Crippen molar-refractivity contribution >= 4 is 17.3 Å². The number of carbonyl (C=O) groups excluding carboxylic acids is 1. The van der Waals surface area contributed by atoms with Crippen LogP contribution in [0, 0.1) is 10.1 Å². The number of rotatable bonds is 5. The summed E-state index contributed by atoms with van der Waals surface area (Å²) in [5.74, 6) is 0.308. The number of carbonyl (C=O) groups is 1. The quantitative estimate of drug-likeness (QED) is 0.544. The summed E-state index contributed by atoms with van der Waals surface area (Å²) in [5.41, 5.74) is 1.04. The van der Waals surface area contributed by atoms with Crippen LogP contribution in [0.25, 0.3) is 0 Å². The lowest BCUT2D eigenvalue weighted by atomic mass is 10.2. The van der Waals surface area contributed by atoms with Gasteiger partial charge in [-0.1, -0.05) is 30.3 Å². The molecule has 0 aromatic heterocycles. The molecule has 0 aliphatic rings. The van der Waals surface area contributed by atoms with Crippen LogP contribution in [-0.4, -0.2) is 10.8 Å². The molecule has 0 atom stereocenters. The van der Waals surface area contributed by atoms with E-state index in [0.29, 0.717) is 17.0 Å². The van der Waals surface area contributed by atoms with Crippen LogP contribution in [0.5, 0.6) is 11.5 Å². The normalized spacial score (nSPS) is 10.1. The fourth-order valence-electron chi connectivity index (χ4n) is 2.22. The second-order valence-corrected chi connectivity index (χ2v) is 5.17. The minimum atomic E-state index is -0.503. The molecule has 1 N–H and O–H groups in total. The Labute approximate surface area is 143 Å². The number of nitrogens with one attached hydrogen (secondary N) is 1. The smallest absolute Gasteiger partial charge is 0.311 e. The number of nitro groups is 1. The summed E-state index contributed by atoms with van der Waals surface area (Å²) in [7, 11) is 0. The van der Waals surface area contributed by atoms with Gasteiger partial charge in [0.1, 0.15) is 5.75 Å². The summed E-state index contributed by atoms with van der Waals surface area (Å²) in [6.45, 7) is 0. The maximum atomic E-state index is 12.2. The first-order chi connectivity index (χ1) is 12.1. The Kier molecular flexibility index (Phi) is 4.71. The van der Waals surface area contributed by atoms with Gasteiger partial charge >= 0.3 is 5.69 Å². The van der Waals surface area contributed by atoms with Gasteiger partial charge in [0.05, 0.1) is 4.92 Å². The van der Waals surface area contributed by atoms with E-state index < -0.39 is 4.92 Å². The van der Waals surface area contributed by atoms with Gasteiger partial charge in [-0.15, -0.1) is 0 Å². The van der Waals surface area contributed by atoms with Crippen LogP contribution >= 0.6 is 0 Å². The molecule has 6 nitrogen and oxygen atoms in total.